The van der Waals surface area contributed by atoms with Gasteiger partial charge in [-0.1, -0.05) is 26.8 Å². The number of aromatic nitrogens is 1. The first-order valence-electron chi connectivity index (χ1n) is 5.84. The summed E-state index contributed by atoms with van der Waals surface area (Å²) >= 11 is 0. The molecule has 96 valence electrons. The third kappa shape index (κ3) is 3.68. The van der Waals surface area contributed by atoms with Crippen molar-refractivity contribution in [2.75, 3.05) is 12.8 Å². The molecular formula is C13H23N3O. The van der Waals surface area contributed by atoms with E-state index < -0.39 is 0 Å². The van der Waals surface area contributed by atoms with Crippen molar-refractivity contribution in [2.45, 2.75) is 39.3 Å². The third-order valence-electron chi connectivity index (χ3n) is 2.88. The van der Waals surface area contributed by atoms with Gasteiger partial charge in [0.1, 0.15) is 5.82 Å². The minimum atomic E-state index is -0.0912. The number of pyridine rings is 1. The lowest BCUT2D eigenvalue weighted by Crippen LogP contribution is -2.46. The summed E-state index contributed by atoms with van der Waals surface area (Å²) in [6.07, 6.45) is 2.35. The molecule has 0 saturated heterocycles. The number of hydrogen-bond acceptors (Lipinski definition) is 4. The molecule has 4 nitrogen and oxygen atoms in total. The van der Waals surface area contributed by atoms with Crippen molar-refractivity contribution in [1.82, 2.24) is 4.98 Å². The Morgan fingerprint density at radius 2 is 2.06 bits per heavy atom. The number of methoxy groups -OCH3 is 1. The molecule has 1 aromatic heterocycles. The quantitative estimate of drug-likeness (QED) is 0.834. The van der Waals surface area contributed by atoms with E-state index >= 15 is 0 Å². The number of rotatable bonds is 4. The van der Waals surface area contributed by atoms with Gasteiger partial charge in [-0.25, -0.2) is 4.98 Å². The molecule has 0 aromatic carbocycles. The van der Waals surface area contributed by atoms with E-state index in [1.807, 2.05) is 12.1 Å². The Bertz CT molecular complexity index is 360. The van der Waals surface area contributed by atoms with Crippen molar-refractivity contribution >= 4 is 5.82 Å². The molecule has 0 aliphatic carbocycles. The molecule has 0 fully saturated rings. The second-order valence-corrected chi connectivity index (χ2v) is 5.44. The lowest BCUT2D eigenvalue weighted by Gasteiger charge is -2.34. The summed E-state index contributed by atoms with van der Waals surface area (Å²) in [5, 5.41) is 0. The summed E-state index contributed by atoms with van der Waals surface area (Å²) in [7, 11) is 1.70. The average molecular weight is 237 g/mol. The van der Waals surface area contributed by atoms with E-state index in [4.69, 9.17) is 16.2 Å². The van der Waals surface area contributed by atoms with Gasteiger partial charge >= 0.3 is 0 Å². The van der Waals surface area contributed by atoms with Gasteiger partial charge in [0.05, 0.1) is 6.10 Å². The van der Waals surface area contributed by atoms with Crippen LogP contribution >= 0.6 is 0 Å². The number of anilines is 1. The maximum atomic E-state index is 6.21. The molecule has 0 aliphatic heterocycles. The Balaban J connectivity index is 2.78. The Kier molecular flexibility index (Phi) is 4.48. The van der Waals surface area contributed by atoms with E-state index in [1.54, 1.807) is 13.3 Å². The van der Waals surface area contributed by atoms with Crippen molar-refractivity contribution in [3.05, 3.63) is 23.9 Å². The normalized spacial score (nSPS) is 15.6. The van der Waals surface area contributed by atoms with Crippen molar-refractivity contribution in [2.24, 2.45) is 11.1 Å². The van der Waals surface area contributed by atoms with E-state index in [-0.39, 0.29) is 17.6 Å². The number of nitrogens with two attached hydrogens (primary N) is 2. The predicted octanol–water partition coefficient (Wildman–Crippen LogP) is 1.59. The molecule has 0 saturated carbocycles. The second kappa shape index (κ2) is 5.47. The molecule has 1 rings (SSSR count). The van der Waals surface area contributed by atoms with Crippen LogP contribution in [0.1, 0.15) is 26.3 Å². The Hall–Kier alpha value is -1.13. The number of hydrogen-bond donors (Lipinski definition) is 2. The standard InChI is InChI=1S/C13H23N3O/c1-13(2,3)11(17-4)10(14)8-9-6-5-7-16-12(9)15/h5-7,10-11H,8,14H2,1-4H3,(H2,15,16). The first-order chi connectivity index (χ1) is 7.86. The summed E-state index contributed by atoms with van der Waals surface area (Å²) in [5.41, 5.74) is 13.0. The van der Waals surface area contributed by atoms with Gasteiger partial charge in [0, 0.05) is 19.3 Å². The van der Waals surface area contributed by atoms with Gasteiger partial charge in [-0.15, -0.1) is 0 Å². The van der Waals surface area contributed by atoms with Crippen molar-refractivity contribution in [3.63, 3.8) is 0 Å². The van der Waals surface area contributed by atoms with E-state index in [0.717, 1.165) is 5.56 Å². The number of nitrogen functional groups attached to an aromatic ring is 1. The average Bonchev–Trinajstić information content (AvgIpc) is 2.20. The first-order valence-corrected chi connectivity index (χ1v) is 5.84. The van der Waals surface area contributed by atoms with Crippen LogP contribution in [-0.2, 0) is 11.2 Å². The van der Waals surface area contributed by atoms with Crippen molar-refractivity contribution < 1.29 is 4.74 Å². The molecule has 0 aliphatic rings. The van der Waals surface area contributed by atoms with Gasteiger partial charge in [-0.2, -0.15) is 0 Å². The molecule has 1 heterocycles. The second-order valence-electron chi connectivity index (χ2n) is 5.44. The molecule has 1 aromatic rings. The van der Waals surface area contributed by atoms with Crippen molar-refractivity contribution in [1.29, 1.82) is 0 Å². The van der Waals surface area contributed by atoms with Crippen LogP contribution in [0.25, 0.3) is 0 Å². The molecule has 4 heteroatoms. The molecule has 17 heavy (non-hydrogen) atoms. The number of ether oxygens (including phenoxy) is 1. The van der Waals surface area contributed by atoms with Gasteiger partial charge in [-0.05, 0) is 23.5 Å². The smallest absolute Gasteiger partial charge is 0.126 e. The topological polar surface area (TPSA) is 74.2 Å². The molecule has 0 radical (unpaired) electrons. The fourth-order valence-corrected chi connectivity index (χ4v) is 2.15. The lowest BCUT2D eigenvalue weighted by atomic mass is 9.83. The zero-order chi connectivity index (χ0) is 13.1. The molecule has 4 N–H and O–H groups in total. The summed E-state index contributed by atoms with van der Waals surface area (Å²) in [6.45, 7) is 6.36. The molecular weight excluding hydrogens is 214 g/mol. The minimum absolute atomic E-state index is 0.00510. The highest BCUT2D eigenvalue weighted by Gasteiger charge is 2.30. The fraction of sp³-hybridized carbons (Fsp3) is 0.615. The summed E-state index contributed by atoms with van der Waals surface area (Å²) in [4.78, 5) is 4.06. The van der Waals surface area contributed by atoms with E-state index in [2.05, 4.69) is 25.8 Å². The SMILES string of the molecule is COC(C(N)Cc1cccnc1N)C(C)(C)C. The lowest BCUT2D eigenvalue weighted by molar-refractivity contribution is -0.00163. The molecule has 0 amide bonds. The largest absolute Gasteiger partial charge is 0.383 e. The summed E-state index contributed by atoms with van der Waals surface area (Å²) in [6, 6.07) is 3.74. The highest BCUT2D eigenvalue weighted by molar-refractivity contribution is 5.39. The Morgan fingerprint density at radius 3 is 2.53 bits per heavy atom. The number of nitrogens with zero attached hydrogens (tertiary/aromatic N) is 1. The maximum absolute atomic E-state index is 6.21. The van der Waals surface area contributed by atoms with Crippen LogP contribution < -0.4 is 11.5 Å². The summed E-state index contributed by atoms with van der Waals surface area (Å²) < 4.78 is 5.50. The highest BCUT2D eigenvalue weighted by Crippen LogP contribution is 2.25. The monoisotopic (exact) mass is 237 g/mol. The Labute approximate surface area is 103 Å². The van der Waals surface area contributed by atoms with Crippen LogP contribution in [0.3, 0.4) is 0 Å². The van der Waals surface area contributed by atoms with Gasteiger partial charge < -0.3 is 16.2 Å². The predicted molar refractivity (Wildman–Crippen MR) is 70.6 cm³/mol. The van der Waals surface area contributed by atoms with E-state index in [0.29, 0.717) is 12.2 Å². The fourth-order valence-electron chi connectivity index (χ4n) is 2.15. The summed E-state index contributed by atoms with van der Waals surface area (Å²) in [5.74, 6) is 0.548. The van der Waals surface area contributed by atoms with Crippen LogP contribution in [0.4, 0.5) is 5.82 Å². The van der Waals surface area contributed by atoms with Crippen LogP contribution in [0, 0.1) is 5.41 Å². The van der Waals surface area contributed by atoms with Gasteiger partial charge in [0.25, 0.3) is 0 Å². The first kappa shape index (κ1) is 13.9. The van der Waals surface area contributed by atoms with Gasteiger partial charge in [-0.3, -0.25) is 0 Å². The van der Waals surface area contributed by atoms with Gasteiger partial charge in [0.15, 0.2) is 0 Å². The van der Waals surface area contributed by atoms with Crippen LogP contribution in [0.5, 0.6) is 0 Å². The van der Waals surface area contributed by atoms with Crippen molar-refractivity contribution in [3.8, 4) is 0 Å². The molecule has 0 bridgehead atoms. The minimum Gasteiger partial charge on any atom is -0.383 e. The molecule has 2 unspecified atom stereocenters. The van der Waals surface area contributed by atoms with Gasteiger partial charge in [0.2, 0.25) is 0 Å². The molecule has 2 atom stereocenters. The highest BCUT2D eigenvalue weighted by atomic mass is 16.5. The van der Waals surface area contributed by atoms with E-state index in [9.17, 15) is 0 Å². The van der Waals surface area contributed by atoms with E-state index in [1.165, 1.54) is 0 Å². The van der Waals surface area contributed by atoms with Crippen LogP contribution in [-0.4, -0.2) is 24.2 Å². The third-order valence-corrected chi connectivity index (χ3v) is 2.88. The van der Waals surface area contributed by atoms with Crippen LogP contribution in [0.15, 0.2) is 18.3 Å². The van der Waals surface area contributed by atoms with Crippen LogP contribution in [0.2, 0.25) is 0 Å². The Morgan fingerprint density at radius 1 is 1.41 bits per heavy atom. The molecule has 0 spiro atoms. The zero-order valence-corrected chi connectivity index (χ0v) is 11.1. The zero-order valence-electron chi connectivity index (χ0n) is 11.1. The maximum Gasteiger partial charge on any atom is 0.126 e.